The lowest BCUT2D eigenvalue weighted by molar-refractivity contribution is 0.687. The topological polar surface area (TPSA) is 29.1 Å². The quantitative estimate of drug-likeness (QED) is 0.351. The van der Waals surface area contributed by atoms with Gasteiger partial charge in [-0.2, -0.15) is 0 Å². The lowest BCUT2D eigenvalue weighted by Gasteiger charge is -2.18. The van der Waals surface area contributed by atoms with Crippen molar-refractivity contribution in [3.63, 3.8) is 0 Å². The van der Waals surface area contributed by atoms with Gasteiger partial charge in [0.25, 0.3) is 0 Å². The van der Waals surface area contributed by atoms with E-state index in [4.69, 9.17) is 22.3 Å². The number of halogens is 2. The molecule has 1 atom stereocenters. The molecular weight excluding hydrogens is 233 g/mol. The highest BCUT2D eigenvalue weighted by molar-refractivity contribution is 8.21. The number of alkyl halides is 1. The first-order chi connectivity index (χ1) is 5.27. The van der Waals surface area contributed by atoms with Crippen molar-refractivity contribution in [1.29, 1.82) is 0 Å². The van der Waals surface area contributed by atoms with Crippen LogP contribution in [-0.4, -0.2) is 23.7 Å². The van der Waals surface area contributed by atoms with Crippen LogP contribution in [0.2, 0.25) is 19.6 Å². The first kappa shape index (κ1) is 12.8. The van der Waals surface area contributed by atoms with Crippen LogP contribution in [0.4, 0.5) is 0 Å². The van der Waals surface area contributed by atoms with E-state index in [-0.39, 0.29) is 0 Å². The molecule has 2 nitrogen and oxygen atoms in total. The van der Waals surface area contributed by atoms with Crippen LogP contribution in [0.5, 0.6) is 0 Å². The standard InChI is InChI=1S/C6H15Cl2NOSSi/c1-12(2,3)9-11(8,10)6-4-5-7/h6H,4-5H2,1-3H3,(H,9,10). The van der Waals surface area contributed by atoms with Gasteiger partial charge in [-0.1, -0.05) is 19.6 Å². The highest BCUT2D eigenvalue weighted by Gasteiger charge is 2.17. The van der Waals surface area contributed by atoms with Gasteiger partial charge in [-0.05, 0) is 22.5 Å². The second kappa shape index (κ2) is 4.86. The number of nitrogens with one attached hydrogen (secondary N) is 1. The minimum atomic E-state index is -2.48. The molecule has 0 aliphatic carbocycles. The molecule has 0 aromatic rings. The highest BCUT2D eigenvalue weighted by atomic mass is 35.7. The van der Waals surface area contributed by atoms with Crippen LogP contribution < -0.4 is 4.39 Å². The molecule has 6 heteroatoms. The third kappa shape index (κ3) is 7.43. The average molecular weight is 248 g/mol. The molecule has 74 valence electrons. The lowest BCUT2D eigenvalue weighted by atomic mass is 10.6. The van der Waals surface area contributed by atoms with Crippen molar-refractivity contribution in [2.24, 2.45) is 0 Å². The van der Waals surface area contributed by atoms with Gasteiger partial charge in [0.2, 0.25) is 0 Å². The van der Waals surface area contributed by atoms with E-state index >= 15 is 0 Å². The summed E-state index contributed by atoms with van der Waals surface area (Å²) in [6.45, 7) is 6.14. The van der Waals surface area contributed by atoms with Crippen molar-refractivity contribution in [2.75, 3.05) is 5.88 Å². The highest BCUT2D eigenvalue weighted by Crippen LogP contribution is 2.03. The van der Waals surface area contributed by atoms with Crippen molar-refractivity contribution < 1.29 is 4.21 Å². The Morgan fingerprint density at radius 2 is 2.00 bits per heavy atom. The molecule has 0 amide bonds. The molecule has 0 saturated carbocycles. The summed E-state index contributed by atoms with van der Waals surface area (Å²) >= 11 is 5.45. The maximum Gasteiger partial charge on any atom is 0.131 e. The van der Waals surface area contributed by atoms with E-state index in [9.17, 15) is 4.21 Å². The third-order valence-electron chi connectivity index (χ3n) is 0.887. The van der Waals surface area contributed by atoms with Gasteiger partial charge in [0, 0.05) is 5.88 Å². The van der Waals surface area contributed by atoms with Crippen LogP contribution >= 0.6 is 22.3 Å². The molecule has 1 unspecified atom stereocenters. The van der Waals surface area contributed by atoms with E-state index in [2.05, 4.69) is 4.39 Å². The maximum absolute atomic E-state index is 11.5. The van der Waals surface area contributed by atoms with Gasteiger partial charge < -0.3 is 0 Å². The van der Waals surface area contributed by atoms with Gasteiger partial charge in [-0.15, -0.1) is 11.6 Å². The summed E-state index contributed by atoms with van der Waals surface area (Å²) in [4.78, 5) is 0. The fraction of sp³-hybridized carbons (Fsp3) is 0.833. The van der Waals surface area contributed by atoms with Gasteiger partial charge in [0.05, 0.1) is 0 Å². The minimum Gasteiger partial charge on any atom is -0.255 e. The molecule has 0 heterocycles. The predicted octanol–water partition coefficient (Wildman–Crippen LogP) is 2.20. The van der Waals surface area contributed by atoms with Gasteiger partial charge in [0.15, 0.2) is 0 Å². The summed E-state index contributed by atoms with van der Waals surface area (Å²) in [5, 5.41) is 1.56. The van der Waals surface area contributed by atoms with Crippen molar-refractivity contribution in [2.45, 2.75) is 26.1 Å². The zero-order valence-corrected chi connectivity index (χ0v) is 10.9. The average Bonchev–Trinajstić information content (AvgIpc) is 1.78. The van der Waals surface area contributed by atoms with E-state index in [1.807, 2.05) is 19.6 Å². The zero-order valence-electron chi connectivity index (χ0n) is 7.56. The minimum absolute atomic E-state index is 0.455. The smallest absolute Gasteiger partial charge is 0.131 e. The SMILES string of the molecule is C[Si](C)(C)NS(=O)(Cl)=CCCCl. The fourth-order valence-corrected chi connectivity index (χ4v) is 7.34. The van der Waals surface area contributed by atoms with E-state index in [0.717, 1.165) is 0 Å². The molecule has 0 aliphatic rings. The van der Waals surface area contributed by atoms with Crippen LogP contribution in [0.25, 0.3) is 0 Å². The van der Waals surface area contributed by atoms with Crippen molar-refractivity contribution in [3.05, 3.63) is 0 Å². The summed E-state index contributed by atoms with van der Waals surface area (Å²) < 4.78 is 14.5. The Bertz CT molecular complexity index is 242. The normalized spacial score (nSPS) is 17.1. The van der Waals surface area contributed by atoms with Gasteiger partial charge >= 0.3 is 0 Å². The first-order valence-corrected chi connectivity index (χ1v) is 10.2. The monoisotopic (exact) mass is 247 g/mol. The lowest BCUT2D eigenvalue weighted by Crippen LogP contribution is -2.43. The molecule has 0 aromatic carbocycles. The zero-order chi connectivity index (χ0) is 9.83. The summed E-state index contributed by atoms with van der Waals surface area (Å²) in [5.41, 5.74) is 0. The van der Waals surface area contributed by atoms with Gasteiger partial charge in [-0.3, -0.25) is 4.39 Å². The number of rotatable bonds is 4. The summed E-state index contributed by atoms with van der Waals surface area (Å²) in [6, 6.07) is 0. The summed E-state index contributed by atoms with van der Waals surface area (Å²) in [5.74, 6) is 0.455. The van der Waals surface area contributed by atoms with Crippen LogP contribution in [0.15, 0.2) is 0 Å². The Labute approximate surface area is 85.4 Å². The van der Waals surface area contributed by atoms with Crippen molar-refractivity contribution in [3.8, 4) is 0 Å². The van der Waals surface area contributed by atoms with E-state index in [0.29, 0.717) is 12.3 Å². The summed E-state index contributed by atoms with van der Waals surface area (Å²) in [6.07, 6.45) is 0.571. The molecule has 12 heavy (non-hydrogen) atoms. The maximum atomic E-state index is 11.5. The summed E-state index contributed by atoms with van der Waals surface area (Å²) in [7, 11) is 1.69. The van der Waals surface area contributed by atoms with E-state index < -0.39 is 17.2 Å². The van der Waals surface area contributed by atoms with Gasteiger partial charge in [-0.25, -0.2) is 4.21 Å². The number of hydrogen-bond donors (Lipinski definition) is 1. The first-order valence-electron chi connectivity index (χ1n) is 3.69. The van der Waals surface area contributed by atoms with E-state index in [1.165, 1.54) is 0 Å². The van der Waals surface area contributed by atoms with Crippen LogP contribution in [-0.2, 0) is 8.92 Å². The molecule has 0 radical (unpaired) electrons. The Morgan fingerprint density at radius 3 is 2.33 bits per heavy atom. The Morgan fingerprint density at radius 1 is 1.50 bits per heavy atom. The molecule has 0 rings (SSSR count). The fourth-order valence-electron chi connectivity index (χ4n) is 0.655. The van der Waals surface area contributed by atoms with Crippen LogP contribution in [0.1, 0.15) is 6.42 Å². The van der Waals surface area contributed by atoms with Crippen LogP contribution in [0.3, 0.4) is 0 Å². The third-order valence-corrected chi connectivity index (χ3v) is 6.40. The molecule has 0 bridgehead atoms. The Balaban J connectivity index is 4.33. The van der Waals surface area contributed by atoms with Crippen LogP contribution in [0, 0.1) is 0 Å². The Kier molecular flexibility index (Phi) is 5.17. The molecule has 0 aliphatic heterocycles. The molecule has 0 fully saturated rings. The molecule has 0 aromatic heterocycles. The number of hydrogen-bond acceptors (Lipinski definition) is 1. The Hall–Kier alpha value is 0.777. The second-order valence-corrected chi connectivity index (χ2v) is 12.0. The second-order valence-electron chi connectivity index (χ2n) is 3.52. The van der Waals surface area contributed by atoms with Crippen molar-refractivity contribution in [1.82, 2.24) is 4.39 Å². The van der Waals surface area contributed by atoms with Crippen molar-refractivity contribution >= 4 is 44.8 Å². The van der Waals surface area contributed by atoms with E-state index in [1.54, 1.807) is 5.37 Å². The molecule has 1 N–H and O–H groups in total. The van der Waals surface area contributed by atoms with Gasteiger partial charge in [0.1, 0.15) is 17.2 Å². The molecule has 0 saturated heterocycles. The molecule has 0 spiro atoms. The predicted molar refractivity (Wildman–Crippen MR) is 61.9 cm³/mol. The molecular formula is C6H15Cl2NOSSi. The largest absolute Gasteiger partial charge is 0.255 e.